The predicted octanol–water partition coefficient (Wildman–Crippen LogP) is 4.70. The summed E-state index contributed by atoms with van der Waals surface area (Å²) >= 11 is 0. The summed E-state index contributed by atoms with van der Waals surface area (Å²) in [5, 5.41) is 0. The Balaban J connectivity index is 1.40. The van der Waals surface area contributed by atoms with Crippen molar-refractivity contribution in [1.82, 2.24) is 4.90 Å². The van der Waals surface area contributed by atoms with Gasteiger partial charge in [-0.25, -0.2) is 8.78 Å². The quantitative estimate of drug-likeness (QED) is 0.770. The van der Waals surface area contributed by atoms with Crippen molar-refractivity contribution in [2.75, 3.05) is 13.1 Å². The molecule has 5 heteroatoms. The molecule has 1 aliphatic carbocycles. The summed E-state index contributed by atoms with van der Waals surface area (Å²) in [6.07, 6.45) is 9.60. The highest BCUT2D eigenvalue weighted by molar-refractivity contribution is 5.76. The van der Waals surface area contributed by atoms with Crippen molar-refractivity contribution in [3.63, 3.8) is 0 Å². The van der Waals surface area contributed by atoms with E-state index in [4.69, 9.17) is 4.74 Å². The van der Waals surface area contributed by atoms with E-state index in [0.717, 1.165) is 37.3 Å². The molecule has 138 valence electrons. The third-order valence-electron chi connectivity index (χ3n) is 5.48. The van der Waals surface area contributed by atoms with Gasteiger partial charge < -0.3 is 9.64 Å². The molecular formula is C20H27F2NO2. The van der Waals surface area contributed by atoms with Gasteiger partial charge in [0.2, 0.25) is 5.91 Å². The molecule has 1 saturated carbocycles. The first-order chi connectivity index (χ1) is 12.1. The molecule has 0 spiro atoms. The zero-order valence-electron chi connectivity index (χ0n) is 14.7. The second-order valence-corrected chi connectivity index (χ2v) is 7.32. The first kappa shape index (κ1) is 18.2. The number of rotatable bonds is 5. The first-order valence-electron chi connectivity index (χ1n) is 9.51. The van der Waals surface area contributed by atoms with Crippen LogP contribution in [0.2, 0.25) is 0 Å². The summed E-state index contributed by atoms with van der Waals surface area (Å²) in [6, 6.07) is 3.60. The van der Waals surface area contributed by atoms with Crippen LogP contribution in [0.15, 0.2) is 18.2 Å². The molecule has 0 radical (unpaired) electrons. The Hall–Kier alpha value is -1.65. The molecule has 0 atom stereocenters. The van der Waals surface area contributed by atoms with E-state index in [0.29, 0.717) is 25.3 Å². The van der Waals surface area contributed by atoms with Crippen LogP contribution in [-0.2, 0) is 4.79 Å². The number of piperidine rings is 1. The van der Waals surface area contributed by atoms with Crippen LogP contribution < -0.4 is 4.74 Å². The molecule has 1 saturated heterocycles. The smallest absolute Gasteiger partial charge is 0.222 e. The van der Waals surface area contributed by atoms with Gasteiger partial charge in [0.25, 0.3) is 0 Å². The normalized spacial score (nSPS) is 19.8. The minimum Gasteiger partial charge on any atom is -0.490 e. The Morgan fingerprint density at radius 2 is 1.76 bits per heavy atom. The average molecular weight is 351 g/mol. The number of benzene rings is 1. The molecule has 0 bridgehead atoms. The van der Waals surface area contributed by atoms with Crippen LogP contribution in [0.4, 0.5) is 8.78 Å². The number of halogens is 2. The van der Waals surface area contributed by atoms with Gasteiger partial charge in [0.1, 0.15) is 11.9 Å². The van der Waals surface area contributed by atoms with Crippen LogP contribution in [0.5, 0.6) is 5.75 Å². The molecule has 2 fully saturated rings. The number of likely N-dealkylation sites (tertiary alicyclic amines) is 1. The zero-order chi connectivity index (χ0) is 17.6. The highest BCUT2D eigenvalue weighted by atomic mass is 19.2. The monoisotopic (exact) mass is 351 g/mol. The van der Waals surface area contributed by atoms with Gasteiger partial charge in [-0.05, 0) is 24.5 Å². The van der Waals surface area contributed by atoms with Crippen LogP contribution in [-0.4, -0.2) is 30.0 Å². The number of hydrogen-bond donors (Lipinski definition) is 0. The van der Waals surface area contributed by atoms with E-state index in [1.807, 2.05) is 4.90 Å². The van der Waals surface area contributed by atoms with Gasteiger partial charge in [-0.1, -0.05) is 32.1 Å². The van der Waals surface area contributed by atoms with Gasteiger partial charge in [0, 0.05) is 38.4 Å². The fourth-order valence-corrected chi connectivity index (χ4v) is 3.93. The minimum absolute atomic E-state index is 0.0488. The lowest BCUT2D eigenvalue weighted by Crippen LogP contribution is -2.41. The Kier molecular flexibility index (Phi) is 6.27. The van der Waals surface area contributed by atoms with Gasteiger partial charge in [-0.2, -0.15) is 0 Å². The van der Waals surface area contributed by atoms with E-state index < -0.39 is 11.6 Å². The molecule has 1 aromatic rings. The summed E-state index contributed by atoms with van der Waals surface area (Å²) in [7, 11) is 0. The van der Waals surface area contributed by atoms with Gasteiger partial charge in [0.15, 0.2) is 11.6 Å². The second-order valence-electron chi connectivity index (χ2n) is 7.32. The number of carbonyl (C=O) groups excluding carboxylic acids is 1. The van der Waals surface area contributed by atoms with Crippen LogP contribution >= 0.6 is 0 Å². The van der Waals surface area contributed by atoms with E-state index in [-0.39, 0.29) is 12.0 Å². The molecular weight excluding hydrogens is 324 g/mol. The maximum Gasteiger partial charge on any atom is 0.222 e. The number of carbonyl (C=O) groups is 1. The van der Waals surface area contributed by atoms with Gasteiger partial charge >= 0.3 is 0 Å². The summed E-state index contributed by atoms with van der Waals surface area (Å²) in [4.78, 5) is 14.3. The van der Waals surface area contributed by atoms with Crippen LogP contribution in [0, 0.1) is 17.6 Å². The Bertz CT molecular complexity index is 579. The van der Waals surface area contributed by atoms with Gasteiger partial charge in [-0.15, -0.1) is 0 Å². The lowest BCUT2D eigenvalue weighted by atomic mass is 9.86. The molecule has 0 N–H and O–H groups in total. The van der Waals surface area contributed by atoms with E-state index in [1.54, 1.807) is 0 Å². The van der Waals surface area contributed by atoms with Crippen molar-refractivity contribution in [2.45, 2.75) is 63.9 Å². The van der Waals surface area contributed by atoms with E-state index >= 15 is 0 Å². The predicted molar refractivity (Wildman–Crippen MR) is 92.4 cm³/mol. The van der Waals surface area contributed by atoms with Crippen LogP contribution in [0.3, 0.4) is 0 Å². The molecule has 25 heavy (non-hydrogen) atoms. The molecule has 2 aliphatic rings. The van der Waals surface area contributed by atoms with Crippen LogP contribution in [0.25, 0.3) is 0 Å². The average Bonchev–Trinajstić information content (AvgIpc) is 2.64. The topological polar surface area (TPSA) is 29.5 Å². The summed E-state index contributed by atoms with van der Waals surface area (Å²) in [6.45, 7) is 1.36. The van der Waals surface area contributed by atoms with Gasteiger partial charge in [0.05, 0.1) is 0 Å². The standard InChI is InChI=1S/C20H27F2NO2/c21-18-8-7-17(14-19(18)22)25-16-10-12-23(13-11-16)20(24)9-6-15-4-2-1-3-5-15/h7-8,14-16H,1-6,9-13H2. The molecule has 0 aromatic heterocycles. The summed E-state index contributed by atoms with van der Waals surface area (Å²) < 4.78 is 31.9. The Labute approximate surface area is 148 Å². The lowest BCUT2D eigenvalue weighted by Gasteiger charge is -2.32. The fourth-order valence-electron chi connectivity index (χ4n) is 3.93. The third kappa shape index (κ3) is 5.16. The minimum atomic E-state index is -0.896. The maximum absolute atomic E-state index is 13.2. The first-order valence-corrected chi connectivity index (χ1v) is 9.51. The number of ether oxygens (including phenoxy) is 1. The SMILES string of the molecule is O=C(CCC1CCCCC1)N1CCC(Oc2ccc(F)c(F)c2)CC1. The lowest BCUT2D eigenvalue weighted by molar-refractivity contribution is -0.133. The molecule has 0 unspecified atom stereocenters. The molecule has 3 nitrogen and oxygen atoms in total. The van der Waals surface area contributed by atoms with Crippen molar-refractivity contribution < 1.29 is 18.3 Å². The zero-order valence-corrected chi connectivity index (χ0v) is 14.7. The van der Waals surface area contributed by atoms with Crippen LogP contribution in [0.1, 0.15) is 57.8 Å². The molecule has 1 amide bonds. The molecule has 1 aromatic carbocycles. The van der Waals surface area contributed by atoms with Crippen molar-refractivity contribution in [1.29, 1.82) is 0 Å². The van der Waals surface area contributed by atoms with E-state index in [1.165, 1.54) is 38.2 Å². The second kappa shape index (κ2) is 8.63. The Morgan fingerprint density at radius 1 is 1.04 bits per heavy atom. The van der Waals surface area contributed by atoms with E-state index in [2.05, 4.69) is 0 Å². The number of nitrogens with zero attached hydrogens (tertiary/aromatic N) is 1. The summed E-state index contributed by atoms with van der Waals surface area (Å²) in [5.74, 6) is -0.441. The van der Waals surface area contributed by atoms with Crippen molar-refractivity contribution in [2.24, 2.45) is 5.92 Å². The van der Waals surface area contributed by atoms with Crippen molar-refractivity contribution in [3.05, 3.63) is 29.8 Å². The fraction of sp³-hybridized carbons (Fsp3) is 0.650. The molecule has 3 rings (SSSR count). The third-order valence-corrected chi connectivity index (χ3v) is 5.48. The van der Waals surface area contributed by atoms with Crippen molar-refractivity contribution >= 4 is 5.91 Å². The Morgan fingerprint density at radius 3 is 2.44 bits per heavy atom. The molecule has 1 heterocycles. The molecule has 1 aliphatic heterocycles. The highest BCUT2D eigenvalue weighted by Crippen LogP contribution is 2.28. The largest absolute Gasteiger partial charge is 0.490 e. The number of amides is 1. The highest BCUT2D eigenvalue weighted by Gasteiger charge is 2.25. The number of hydrogen-bond acceptors (Lipinski definition) is 2. The maximum atomic E-state index is 13.2. The summed E-state index contributed by atoms with van der Waals surface area (Å²) in [5.41, 5.74) is 0. The van der Waals surface area contributed by atoms with Crippen molar-refractivity contribution in [3.8, 4) is 5.75 Å². The van der Waals surface area contributed by atoms with E-state index in [9.17, 15) is 13.6 Å². The van der Waals surface area contributed by atoms with Gasteiger partial charge in [-0.3, -0.25) is 4.79 Å².